The molecule has 0 atom stereocenters. The zero-order chi connectivity index (χ0) is 22.2. The topological polar surface area (TPSA) is 78.3 Å². The monoisotopic (exact) mass is 440 g/mol. The van der Waals surface area contributed by atoms with E-state index in [4.69, 9.17) is 9.47 Å². The number of aromatic nitrogens is 3. The molecule has 1 heterocycles. The molecular formula is C23H28N4O3S. The van der Waals surface area contributed by atoms with Crippen LogP contribution in [-0.4, -0.2) is 41.4 Å². The predicted octanol–water partition coefficient (Wildman–Crippen LogP) is 4.10. The summed E-state index contributed by atoms with van der Waals surface area (Å²) >= 11 is 1.58. The molecule has 0 saturated carbocycles. The molecule has 1 amide bonds. The standard InChI is InChI=1S/C23H28N4O3S/c1-16(2)13-24-22(28)18-7-5-17(6-8-18)15-31-23-26-25-21(14-29-3)27(23)19-9-11-20(30-4)12-10-19/h5-12,16H,13-15H2,1-4H3,(H,24,28). The maximum Gasteiger partial charge on any atom is 0.251 e. The zero-order valence-electron chi connectivity index (χ0n) is 18.3. The van der Waals surface area contributed by atoms with Crippen molar-refractivity contribution in [2.24, 2.45) is 5.92 Å². The largest absolute Gasteiger partial charge is 0.497 e. The van der Waals surface area contributed by atoms with Crippen LogP contribution in [0.15, 0.2) is 53.7 Å². The lowest BCUT2D eigenvalue weighted by Gasteiger charge is -2.11. The average molecular weight is 441 g/mol. The van der Waals surface area contributed by atoms with Gasteiger partial charge >= 0.3 is 0 Å². The molecule has 3 aromatic rings. The highest BCUT2D eigenvalue weighted by Gasteiger charge is 2.15. The Kier molecular flexibility index (Phi) is 8.08. The van der Waals surface area contributed by atoms with Gasteiger partial charge in [-0.25, -0.2) is 0 Å². The fraction of sp³-hybridized carbons (Fsp3) is 0.348. The molecule has 8 heteroatoms. The molecule has 0 spiro atoms. The minimum atomic E-state index is -0.0450. The van der Waals surface area contributed by atoms with Gasteiger partial charge in [0.1, 0.15) is 12.4 Å². The van der Waals surface area contributed by atoms with Crippen LogP contribution in [0.5, 0.6) is 5.75 Å². The summed E-state index contributed by atoms with van der Waals surface area (Å²) in [6.07, 6.45) is 0. The van der Waals surface area contributed by atoms with Gasteiger partial charge < -0.3 is 14.8 Å². The highest BCUT2D eigenvalue weighted by molar-refractivity contribution is 7.98. The summed E-state index contributed by atoms with van der Waals surface area (Å²) in [7, 11) is 3.28. The van der Waals surface area contributed by atoms with Gasteiger partial charge in [-0.3, -0.25) is 9.36 Å². The van der Waals surface area contributed by atoms with Crippen molar-refractivity contribution in [2.75, 3.05) is 20.8 Å². The summed E-state index contributed by atoms with van der Waals surface area (Å²) in [4.78, 5) is 12.2. The number of amides is 1. The fourth-order valence-electron chi connectivity index (χ4n) is 2.91. The van der Waals surface area contributed by atoms with Gasteiger partial charge in [0, 0.05) is 30.7 Å². The van der Waals surface area contributed by atoms with E-state index in [-0.39, 0.29) is 5.91 Å². The van der Waals surface area contributed by atoms with Crippen molar-refractivity contribution in [2.45, 2.75) is 31.4 Å². The Hall–Kier alpha value is -2.84. The van der Waals surface area contributed by atoms with Crippen molar-refractivity contribution in [3.05, 3.63) is 65.5 Å². The number of ether oxygens (including phenoxy) is 2. The van der Waals surface area contributed by atoms with E-state index in [1.54, 1.807) is 26.0 Å². The number of carbonyl (C=O) groups is 1. The van der Waals surface area contributed by atoms with Gasteiger partial charge in [0.25, 0.3) is 5.91 Å². The Bertz CT molecular complexity index is 985. The minimum absolute atomic E-state index is 0.0450. The second-order valence-electron chi connectivity index (χ2n) is 7.45. The summed E-state index contributed by atoms with van der Waals surface area (Å²) < 4.78 is 12.5. The molecule has 1 aromatic heterocycles. The van der Waals surface area contributed by atoms with Crippen molar-refractivity contribution < 1.29 is 14.3 Å². The molecule has 0 unspecified atom stereocenters. The van der Waals surface area contributed by atoms with Gasteiger partial charge in [0.05, 0.1) is 7.11 Å². The van der Waals surface area contributed by atoms with E-state index in [1.165, 1.54) is 0 Å². The minimum Gasteiger partial charge on any atom is -0.497 e. The highest BCUT2D eigenvalue weighted by atomic mass is 32.2. The van der Waals surface area contributed by atoms with Gasteiger partial charge in [-0.2, -0.15) is 0 Å². The smallest absolute Gasteiger partial charge is 0.251 e. The Labute approximate surface area is 187 Å². The normalized spacial score (nSPS) is 11.0. The number of carbonyl (C=O) groups excluding carboxylic acids is 1. The van der Waals surface area contributed by atoms with Crippen molar-refractivity contribution in [3.8, 4) is 11.4 Å². The summed E-state index contributed by atoms with van der Waals surface area (Å²) in [5.74, 6) is 2.60. The number of thioether (sulfide) groups is 1. The van der Waals surface area contributed by atoms with Crippen LogP contribution in [0.1, 0.15) is 35.6 Å². The van der Waals surface area contributed by atoms with Crippen LogP contribution in [0.3, 0.4) is 0 Å². The Balaban J connectivity index is 1.72. The molecule has 0 radical (unpaired) electrons. The molecule has 1 N–H and O–H groups in total. The first-order valence-electron chi connectivity index (χ1n) is 10.1. The number of hydrogen-bond donors (Lipinski definition) is 1. The fourth-order valence-corrected chi connectivity index (χ4v) is 3.83. The maximum absolute atomic E-state index is 12.2. The van der Waals surface area contributed by atoms with Gasteiger partial charge in [0.2, 0.25) is 0 Å². The second-order valence-corrected chi connectivity index (χ2v) is 8.40. The van der Waals surface area contributed by atoms with E-state index >= 15 is 0 Å². The van der Waals surface area contributed by atoms with E-state index in [0.29, 0.717) is 30.4 Å². The van der Waals surface area contributed by atoms with Crippen molar-refractivity contribution in [3.63, 3.8) is 0 Å². The number of hydrogen-bond acceptors (Lipinski definition) is 6. The van der Waals surface area contributed by atoms with Gasteiger partial charge in [0.15, 0.2) is 11.0 Å². The zero-order valence-corrected chi connectivity index (χ0v) is 19.1. The van der Waals surface area contributed by atoms with Crippen molar-refractivity contribution >= 4 is 17.7 Å². The summed E-state index contributed by atoms with van der Waals surface area (Å²) in [6, 6.07) is 15.4. The van der Waals surface area contributed by atoms with E-state index in [0.717, 1.165) is 28.0 Å². The lowest BCUT2D eigenvalue weighted by atomic mass is 10.1. The molecular weight excluding hydrogens is 412 g/mol. The summed E-state index contributed by atoms with van der Waals surface area (Å²) in [5.41, 5.74) is 2.71. The number of nitrogens with one attached hydrogen (secondary N) is 1. The molecule has 0 fully saturated rings. The summed E-state index contributed by atoms with van der Waals surface area (Å²) in [6.45, 7) is 5.17. The third-order valence-corrected chi connectivity index (χ3v) is 5.56. The quantitative estimate of drug-likeness (QED) is 0.478. The Morgan fingerprint density at radius 1 is 1.06 bits per heavy atom. The highest BCUT2D eigenvalue weighted by Crippen LogP contribution is 2.26. The van der Waals surface area contributed by atoms with Crippen LogP contribution in [0.25, 0.3) is 5.69 Å². The number of rotatable bonds is 10. The van der Waals surface area contributed by atoms with Crippen LogP contribution in [0.2, 0.25) is 0 Å². The van der Waals surface area contributed by atoms with Crippen molar-refractivity contribution in [1.29, 1.82) is 0 Å². The lowest BCUT2D eigenvalue weighted by molar-refractivity contribution is 0.0949. The van der Waals surface area contributed by atoms with E-state index in [2.05, 4.69) is 29.4 Å². The first-order valence-corrected chi connectivity index (χ1v) is 11.1. The molecule has 0 aliphatic heterocycles. The molecule has 2 aromatic carbocycles. The third kappa shape index (κ3) is 6.08. The number of benzene rings is 2. The second kappa shape index (κ2) is 11.0. The Morgan fingerprint density at radius 3 is 2.39 bits per heavy atom. The van der Waals surface area contributed by atoms with Gasteiger partial charge in [-0.15, -0.1) is 10.2 Å². The molecule has 0 bridgehead atoms. The number of nitrogens with zero attached hydrogens (tertiary/aromatic N) is 3. The van der Waals surface area contributed by atoms with E-state index in [1.807, 2.05) is 53.1 Å². The van der Waals surface area contributed by atoms with Gasteiger partial charge in [-0.05, 0) is 47.9 Å². The molecule has 164 valence electrons. The van der Waals surface area contributed by atoms with Crippen LogP contribution < -0.4 is 10.1 Å². The third-order valence-electron chi connectivity index (χ3n) is 4.56. The molecule has 31 heavy (non-hydrogen) atoms. The lowest BCUT2D eigenvalue weighted by Crippen LogP contribution is -2.27. The summed E-state index contributed by atoms with van der Waals surface area (Å²) in [5, 5.41) is 12.4. The van der Waals surface area contributed by atoms with E-state index < -0.39 is 0 Å². The predicted molar refractivity (Wildman–Crippen MR) is 122 cm³/mol. The number of methoxy groups -OCH3 is 2. The van der Waals surface area contributed by atoms with E-state index in [9.17, 15) is 4.79 Å². The maximum atomic E-state index is 12.2. The van der Waals surface area contributed by atoms with Crippen molar-refractivity contribution in [1.82, 2.24) is 20.1 Å². The van der Waals surface area contributed by atoms with Crippen LogP contribution in [0, 0.1) is 5.92 Å². The average Bonchev–Trinajstić information content (AvgIpc) is 3.19. The van der Waals surface area contributed by atoms with Crippen LogP contribution in [0.4, 0.5) is 0 Å². The molecule has 7 nitrogen and oxygen atoms in total. The molecule has 0 aliphatic carbocycles. The Morgan fingerprint density at radius 2 is 1.77 bits per heavy atom. The van der Waals surface area contributed by atoms with Crippen LogP contribution >= 0.6 is 11.8 Å². The molecule has 3 rings (SSSR count). The van der Waals surface area contributed by atoms with Gasteiger partial charge in [-0.1, -0.05) is 37.7 Å². The first kappa shape index (κ1) is 22.8. The molecule has 0 saturated heterocycles. The molecule has 0 aliphatic rings. The van der Waals surface area contributed by atoms with Crippen LogP contribution in [-0.2, 0) is 17.1 Å². The first-order chi connectivity index (χ1) is 15.0. The SMILES string of the molecule is COCc1nnc(SCc2ccc(C(=O)NCC(C)C)cc2)n1-c1ccc(OC)cc1.